The quantitative estimate of drug-likeness (QED) is 0.862. The van der Waals surface area contributed by atoms with Crippen molar-refractivity contribution in [3.8, 4) is 0 Å². The van der Waals surface area contributed by atoms with Crippen molar-refractivity contribution in [3.63, 3.8) is 0 Å². The molecular weight excluding hydrogens is 210 g/mol. The number of fused-ring (bicyclic) bond motifs is 1. The minimum atomic E-state index is 0.0781. The smallest absolute Gasteiger partial charge is 0.0779 e. The van der Waals surface area contributed by atoms with Gasteiger partial charge >= 0.3 is 0 Å². The Kier molecular flexibility index (Phi) is 2.93. The molecule has 1 aromatic rings. The van der Waals surface area contributed by atoms with Crippen LogP contribution in [0.2, 0.25) is 0 Å². The lowest BCUT2D eigenvalue weighted by molar-refractivity contribution is 0.0189. The van der Waals surface area contributed by atoms with Crippen LogP contribution in [-0.4, -0.2) is 24.8 Å². The highest BCUT2D eigenvalue weighted by molar-refractivity contribution is 5.33. The maximum Gasteiger partial charge on any atom is 0.0779 e. The third-order valence-corrected chi connectivity index (χ3v) is 4.12. The number of nitrogens with one attached hydrogen (secondary N) is 1. The Bertz CT molecular complexity index is 371. The van der Waals surface area contributed by atoms with Gasteiger partial charge in [-0.2, -0.15) is 0 Å². The zero-order valence-electron chi connectivity index (χ0n) is 10.5. The molecule has 1 fully saturated rings. The highest BCUT2D eigenvalue weighted by Gasteiger charge is 2.31. The van der Waals surface area contributed by atoms with Crippen molar-refractivity contribution >= 4 is 0 Å². The lowest BCUT2D eigenvalue weighted by atomic mass is 10.0. The number of hydrogen-bond donors (Lipinski definition) is 1. The van der Waals surface area contributed by atoms with Gasteiger partial charge in [0, 0.05) is 19.2 Å². The van der Waals surface area contributed by atoms with E-state index in [2.05, 4.69) is 36.5 Å². The van der Waals surface area contributed by atoms with Gasteiger partial charge in [-0.25, -0.2) is 0 Å². The van der Waals surface area contributed by atoms with Crippen LogP contribution in [0, 0.1) is 0 Å². The average Bonchev–Trinajstić information content (AvgIpc) is 2.93. The third kappa shape index (κ3) is 2.38. The summed E-state index contributed by atoms with van der Waals surface area (Å²) in [6, 6.07) is 9.40. The second-order valence-electron chi connectivity index (χ2n) is 5.66. The maximum atomic E-state index is 5.81. The Labute approximate surface area is 103 Å². The summed E-state index contributed by atoms with van der Waals surface area (Å²) < 4.78 is 5.81. The van der Waals surface area contributed by atoms with E-state index in [1.807, 2.05) is 0 Å². The molecule has 0 spiro atoms. The van der Waals surface area contributed by atoms with E-state index in [1.165, 1.54) is 36.8 Å². The monoisotopic (exact) mass is 231 g/mol. The summed E-state index contributed by atoms with van der Waals surface area (Å²) in [5.74, 6) is 0. The number of ether oxygens (including phenoxy) is 1. The molecule has 0 amide bonds. The predicted molar refractivity (Wildman–Crippen MR) is 69.2 cm³/mol. The molecule has 1 aliphatic carbocycles. The number of benzene rings is 1. The van der Waals surface area contributed by atoms with Crippen LogP contribution in [0.3, 0.4) is 0 Å². The minimum Gasteiger partial charge on any atom is -0.374 e. The highest BCUT2D eigenvalue weighted by atomic mass is 16.5. The molecule has 1 saturated heterocycles. The van der Waals surface area contributed by atoms with E-state index in [9.17, 15) is 0 Å². The van der Waals surface area contributed by atoms with Crippen molar-refractivity contribution in [1.29, 1.82) is 0 Å². The van der Waals surface area contributed by atoms with Crippen LogP contribution in [0.4, 0.5) is 0 Å². The van der Waals surface area contributed by atoms with Gasteiger partial charge in [0.15, 0.2) is 0 Å². The van der Waals surface area contributed by atoms with Crippen LogP contribution in [0.15, 0.2) is 24.3 Å². The van der Waals surface area contributed by atoms with Crippen LogP contribution in [0.5, 0.6) is 0 Å². The van der Waals surface area contributed by atoms with Gasteiger partial charge in [0.1, 0.15) is 0 Å². The van der Waals surface area contributed by atoms with Gasteiger partial charge in [0.05, 0.1) is 5.60 Å². The summed E-state index contributed by atoms with van der Waals surface area (Å²) in [7, 11) is 0. The van der Waals surface area contributed by atoms with Crippen molar-refractivity contribution in [2.45, 2.75) is 44.2 Å². The molecule has 1 aliphatic heterocycles. The summed E-state index contributed by atoms with van der Waals surface area (Å²) in [4.78, 5) is 0. The molecule has 92 valence electrons. The van der Waals surface area contributed by atoms with Gasteiger partial charge in [0.25, 0.3) is 0 Å². The van der Waals surface area contributed by atoms with Crippen molar-refractivity contribution in [1.82, 2.24) is 5.32 Å². The van der Waals surface area contributed by atoms with Gasteiger partial charge in [-0.1, -0.05) is 24.3 Å². The van der Waals surface area contributed by atoms with Gasteiger partial charge in [-0.05, 0) is 43.7 Å². The van der Waals surface area contributed by atoms with E-state index in [0.717, 1.165) is 13.2 Å². The first-order chi connectivity index (χ1) is 8.25. The Morgan fingerprint density at radius 1 is 1.29 bits per heavy atom. The van der Waals surface area contributed by atoms with Crippen molar-refractivity contribution in [2.75, 3.05) is 13.2 Å². The molecule has 2 nitrogen and oxygen atoms in total. The Morgan fingerprint density at radius 2 is 2.00 bits per heavy atom. The summed E-state index contributed by atoms with van der Waals surface area (Å²) in [5, 5.41) is 3.69. The lowest BCUT2D eigenvalue weighted by Gasteiger charge is -2.25. The zero-order valence-corrected chi connectivity index (χ0v) is 10.5. The van der Waals surface area contributed by atoms with Crippen LogP contribution >= 0.6 is 0 Å². The van der Waals surface area contributed by atoms with Crippen molar-refractivity contribution < 1.29 is 4.74 Å². The number of rotatable bonds is 3. The molecule has 1 aromatic carbocycles. The molecule has 2 heteroatoms. The topological polar surface area (TPSA) is 21.3 Å². The summed E-state index contributed by atoms with van der Waals surface area (Å²) in [5.41, 5.74) is 3.11. The van der Waals surface area contributed by atoms with Crippen LogP contribution in [-0.2, 0) is 17.6 Å². The zero-order chi connectivity index (χ0) is 11.7. The molecule has 0 aromatic heterocycles. The fourth-order valence-corrected chi connectivity index (χ4v) is 3.04. The number of hydrogen-bond acceptors (Lipinski definition) is 2. The van der Waals surface area contributed by atoms with Gasteiger partial charge in [0.2, 0.25) is 0 Å². The molecule has 17 heavy (non-hydrogen) atoms. The molecule has 1 N–H and O–H groups in total. The van der Waals surface area contributed by atoms with E-state index >= 15 is 0 Å². The maximum absolute atomic E-state index is 5.81. The lowest BCUT2D eigenvalue weighted by Crippen LogP contribution is -2.42. The first kappa shape index (κ1) is 11.2. The fourth-order valence-electron chi connectivity index (χ4n) is 3.04. The normalized spacial score (nSPS) is 28.5. The minimum absolute atomic E-state index is 0.0781. The first-order valence-corrected chi connectivity index (χ1v) is 6.69. The molecule has 1 heterocycles. The average molecular weight is 231 g/mol. The SMILES string of the molecule is CC1(CNC2Cc3ccccc3C2)CCCO1. The van der Waals surface area contributed by atoms with Gasteiger partial charge < -0.3 is 10.1 Å². The summed E-state index contributed by atoms with van der Waals surface area (Å²) in [6.07, 6.45) is 4.75. The van der Waals surface area contributed by atoms with E-state index in [-0.39, 0.29) is 5.60 Å². The predicted octanol–water partition coefficient (Wildman–Crippen LogP) is 2.31. The molecule has 3 rings (SSSR count). The van der Waals surface area contributed by atoms with E-state index in [0.29, 0.717) is 6.04 Å². The Balaban J connectivity index is 1.55. The van der Waals surface area contributed by atoms with E-state index in [1.54, 1.807) is 0 Å². The molecule has 0 saturated carbocycles. The molecular formula is C15H21NO. The molecule has 0 radical (unpaired) electrons. The van der Waals surface area contributed by atoms with Gasteiger partial charge in [-0.15, -0.1) is 0 Å². The van der Waals surface area contributed by atoms with Crippen molar-refractivity contribution in [2.24, 2.45) is 0 Å². The summed E-state index contributed by atoms with van der Waals surface area (Å²) >= 11 is 0. The summed E-state index contributed by atoms with van der Waals surface area (Å²) in [6.45, 7) is 4.16. The molecule has 1 atom stereocenters. The van der Waals surface area contributed by atoms with Crippen molar-refractivity contribution in [3.05, 3.63) is 35.4 Å². The van der Waals surface area contributed by atoms with Crippen LogP contribution in [0.1, 0.15) is 30.9 Å². The largest absolute Gasteiger partial charge is 0.374 e. The Hall–Kier alpha value is -0.860. The second kappa shape index (κ2) is 4.43. The standard InChI is InChI=1S/C15H21NO/c1-15(7-4-8-17-15)11-16-14-9-12-5-2-3-6-13(12)10-14/h2-3,5-6,14,16H,4,7-11H2,1H3. The highest BCUT2D eigenvalue weighted by Crippen LogP contribution is 2.26. The third-order valence-electron chi connectivity index (χ3n) is 4.12. The van der Waals surface area contributed by atoms with Crippen LogP contribution in [0.25, 0.3) is 0 Å². The van der Waals surface area contributed by atoms with E-state index < -0.39 is 0 Å². The first-order valence-electron chi connectivity index (χ1n) is 6.69. The molecule has 0 bridgehead atoms. The Morgan fingerprint density at radius 3 is 2.59 bits per heavy atom. The van der Waals surface area contributed by atoms with E-state index in [4.69, 9.17) is 4.74 Å². The fraction of sp³-hybridized carbons (Fsp3) is 0.600. The van der Waals surface area contributed by atoms with Crippen LogP contribution < -0.4 is 5.32 Å². The molecule has 1 unspecified atom stereocenters. The second-order valence-corrected chi connectivity index (χ2v) is 5.66. The van der Waals surface area contributed by atoms with Gasteiger partial charge in [-0.3, -0.25) is 0 Å². The molecule has 2 aliphatic rings.